The molecule has 0 radical (unpaired) electrons. The van der Waals surface area contributed by atoms with E-state index in [-0.39, 0.29) is 11.7 Å². The SMILES string of the molecule is CS(=O)(=O)CCC(c1ccc(Br)nc1)C1COC1. The van der Waals surface area contributed by atoms with Crippen LogP contribution in [0.15, 0.2) is 22.9 Å². The molecule has 2 rings (SSSR count). The number of sulfone groups is 1. The van der Waals surface area contributed by atoms with E-state index in [9.17, 15) is 8.42 Å². The molecule has 1 saturated heterocycles. The zero-order valence-electron chi connectivity index (χ0n) is 10.2. The van der Waals surface area contributed by atoms with Crippen molar-refractivity contribution >= 4 is 25.8 Å². The van der Waals surface area contributed by atoms with Crippen molar-refractivity contribution in [2.45, 2.75) is 12.3 Å². The van der Waals surface area contributed by atoms with Crippen LogP contribution >= 0.6 is 15.9 Å². The van der Waals surface area contributed by atoms with Gasteiger partial charge in [0.25, 0.3) is 0 Å². The number of halogens is 1. The molecule has 6 heteroatoms. The van der Waals surface area contributed by atoms with Gasteiger partial charge in [-0.2, -0.15) is 0 Å². The number of ether oxygens (including phenoxy) is 1. The Morgan fingerprint density at radius 1 is 1.50 bits per heavy atom. The lowest BCUT2D eigenvalue weighted by Gasteiger charge is -2.34. The average Bonchev–Trinajstić information content (AvgIpc) is 2.21. The largest absolute Gasteiger partial charge is 0.381 e. The minimum atomic E-state index is -2.92. The molecule has 1 aliphatic rings. The van der Waals surface area contributed by atoms with Crippen LogP contribution in [0.25, 0.3) is 0 Å². The van der Waals surface area contributed by atoms with Crippen LogP contribution in [0.5, 0.6) is 0 Å². The first-order valence-electron chi connectivity index (χ1n) is 5.82. The van der Waals surface area contributed by atoms with Gasteiger partial charge in [0.2, 0.25) is 0 Å². The number of pyridine rings is 1. The summed E-state index contributed by atoms with van der Waals surface area (Å²) in [5.74, 6) is 0.841. The van der Waals surface area contributed by atoms with E-state index < -0.39 is 9.84 Å². The highest BCUT2D eigenvalue weighted by molar-refractivity contribution is 9.10. The third kappa shape index (κ3) is 3.76. The molecule has 0 aliphatic carbocycles. The van der Waals surface area contributed by atoms with Crippen LogP contribution in [-0.4, -0.2) is 38.6 Å². The molecule has 0 aromatic carbocycles. The molecule has 2 heterocycles. The van der Waals surface area contributed by atoms with Crippen molar-refractivity contribution in [1.29, 1.82) is 0 Å². The van der Waals surface area contributed by atoms with Crippen LogP contribution < -0.4 is 0 Å². The molecule has 0 bridgehead atoms. The summed E-state index contributed by atoms with van der Waals surface area (Å²) in [7, 11) is -2.92. The molecule has 1 aliphatic heterocycles. The molecular formula is C12H16BrNO3S. The average molecular weight is 334 g/mol. The molecule has 100 valence electrons. The third-order valence-electron chi connectivity index (χ3n) is 3.21. The molecule has 0 saturated carbocycles. The summed E-state index contributed by atoms with van der Waals surface area (Å²) in [5.41, 5.74) is 1.09. The summed E-state index contributed by atoms with van der Waals surface area (Å²) < 4.78 is 28.6. The quantitative estimate of drug-likeness (QED) is 0.773. The summed E-state index contributed by atoms with van der Waals surface area (Å²) in [5, 5.41) is 0. The summed E-state index contributed by atoms with van der Waals surface area (Å²) in [6.07, 6.45) is 3.73. The lowest BCUT2D eigenvalue weighted by Crippen LogP contribution is -2.34. The van der Waals surface area contributed by atoms with Crippen LogP contribution in [0.2, 0.25) is 0 Å². The summed E-state index contributed by atoms with van der Waals surface area (Å²) in [6.45, 7) is 1.43. The third-order valence-corrected chi connectivity index (χ3v) is 4.66. The first-order valence-corrected chi connectivity index (χ1v) is 8.68. The normalized spacial score (nSPS) is 18.3. The number of nitrogens with zero attached hydrogens (tertiary/aromatic N) is 1. The fraction of sp³-hybridized carbons (Fsp3) is 0.583. The van der Waals surface area contributed by atoms with Crippen molar-refractivity contribution in [3.8, 4) is 0 Å². The van der Waals surface area contributed by atoms with Gasteiger partial charge >= 0.3 is 0 Å². The van der Waals surface area contributed by atoms with Crippen molar-refractivity contribution in [3.05, 3.63) is 28.5 Å². The Morgan fingerprint density at radius 3 is 2.67 bits per heavy atom. The second-order valence-corrected chi connectivity index (χ2v) is 7.81. The van der Waals surface area contributed by atoms with Crippen LogP contribution in [0.4, 0.5) is 0 Å². The van der Waals surface area contributed by atoms with Crippen LogP contribution in [0.1, 0.15) is 17.9 Å². The van der Waals surface area contributed by atoms with Gasteiger partial charge in [-0.25, -0.2) is 13.4 Å². The first-order chi connectivity index (χ1) is 8.46. The molecule has 1 fully saturated rings. The standard InChI is InChI=1S/C12H16BrNO3S/c1-18(15,16)5-4-11(10-7-17-8-10)9-2-3-12(13)14-6-9/h2-3,6,10-11H,4-5,7-8H2,1H3. The van der Waals surface area contributed by atoms with E-state index in [1.165, 1.54) is 6.26 Å². The topological polar surface area (TPSA) is 56.3 Å². The molecule has 18 heavy (non-hydrogen) atoms. The molecule has 0 spiro atoms. The van der Waals surface area contributed by atoms with Crippen molar-refractivity contribution < 1.29 is 13.2 Å². The summed E-state index contributed by atoms with van der Waals surface area (Å²) in [4.78, 5) is 4.21. The van der Waals surface area contributed by atoms with Gasteiger partial charge in [0.15, 0.2) is 0 Å². The highest BCUT2D eigenvalue weighted by atomic mass is 79.9. The summed E-state index contributed by atoms with van der Waals surface area (Å²) in [6, 6.07) is 3.89. The Labute approximate surface area is 116 Å². The maximum Gasteiger partial charge on any atom is 0.147 e. The Morgan fingerprint density at radius 2 is 2.22 bits per heavy atom. The fourth-order valence-electron chi connectivity index (χ4n) is 2.11. The van der Waals surface area contributed by atoms with Crippen molar-refractivity contribution in [1.82, 2.24) is 4.98 Å². The van der Waals surface area contributed by atoms with Crippen LogP contribution in [-0.2, 0) is 14.6 Å². The second kappa shape index (κ2) is 5.67. The Kier molecular flexibility index (Phi) is 4.40. The van der Waals surface area contributed by atoms with Crippen molar-refractivity contribution in [3.63, 3.8) is 0 Å². The molecular weight excluding hydrogens is 318 g/mol. The maximum absolute atomic E-state index is 11.3. The Bertz CT molecular complexity index is 497. The van der Waals surface area contributed by atoms with Gasteiger partial charge in [0.05, 0.1) is 19.0 Å². The number of hydrogen-bond donors (Lipinski definition) is 0. The molecule has 0 amide bonds. The van der Waals surface area contributed by atoms with Gasteiger partial charge in [0, 0.05) is 18.4 Å². The smallest absolute Gasteiger partial charge is 0.147 e. The second-order valence-electron chi connectivity index (χ2n) is 4.74. The fourth-order valence-corrected chi connectivity index (χ4v) is 3.03. The minimum absolute atomic E-state index is 0.213. The Balaban J connectivity index is 2.12. The molecule has 0 N–H and O–H groups in total. The van der Waals surface area contributed by atoms with E-state index in [2.05, 4.69) is 20.9 Å². The highest BCUT2D eigenvalue weighted by Crippen LogP contribution is 2.33. The van der Waals surface area contributed by atoms with Gasteiger partial charge in [0.1, 0.15) is 14.4 Å². The van der Waals surface area contributed by atoms with Gasteiger partial charge in [-0.3, -0.25) is 0 Å². The number of rotatable bonds is 5. The van der Waals surface area contributed by atoms with Gasteiger partial charge < -0.3 is 4.74 Å². The van der Waals surface area contributed by atoms with Gasteiger partial charge in [-0.1, -0.05) is 6.07 Å². The monoisotopic (exact) mass is 333 g/mol. The predicted octanol–water partition coefficient (Wildman–Crippen LogP) is 2.01. The maximum atomic E-state index is 11.3. The van der Waals surface area contributed by atoms with Crippen LogP contribution in [0.3, 0.4) is 0 Å². The highest BCUT2D eigenvalue weighted by Gasteiger charge is 2.30. The van der Waals surface area contributed by atoms with Gasteiger partial charge in [-0.05, 0) is 39.9 Å². The van der Waals surface area contributed by atoms with Crippen LogP contribution in [0, 0.1) is 5.92 Å². The predicted molar refractivity (Wildman–Crippen MR) is 73.3 cm³/mol. The lowest BCUT2D eigenvalue weighted by atomic mass is 9.83. The van der Waals surface area contributed by atoms with Crippen molar-refractivity contribution in [2.75, 3.05) is 25.2 Å². The molecule has 1 aromatic rings. The van der Waals surface area contributed by atoms with E-state index in [1.54, 1.807) is 0 Å². The zero-order valence-corrected chi connectivity index (χ0v) is 12.6. The minimum Gasteiger partial charge on any atom is -0.381 e. The summed E-state index contributed by atoms with van der Waals surface area (Å²) >= 11 is 3.30. The lowest BCUT2D eigenvalue weighted by molar-refractivity contribution is -0.0455. The van der Waals surface area contributed by atoms with E-state index in [4.69, 9.17) is 4.74 Å². The number of aromatic nitrogens is 1. The zero-order chi connectivity index (χ0) is 13.2. The van der Waals surface area contributed by atoms with E-state index >= 15 is 0 Å². The van der Waals surface area contributed by atoms with Crippen molar-refractivity contribution in [2.24, 2.45) is 5.92 Å². The molecule has 4 nitrogen and oxygen atoms in total. The van der Waals surface area contributed by atoms with E-state index in [1.807, 2.05) is 18.3 Å². The Hall–Kier alpha value is -0.460. The molecule has 1 aromatic heterocycles. The van der Waals surface area contributed by atoms with Gasteiger partial charge in [-0.15, -0.1) is 0 Å². The molecule has 1 atom stereocenters. The molecule has 1 unspecified atom stereocenters. The first kappa shape index (κ1) is 14.0. The van der Waals surface area contributed by atoms with E-state index in [0.717, 1.165) is 10.2 Å². The van der Waals surface area contributed by atoms with E-state index in [0.29, 0.717) is 25.6 Å². The number of hydrogen-bond acceptors (Lipinski definition) is 4.